The summed E-state index contributed by atoms with van der Waals surface area (Å²) in [5, 5.41) is 6.74. The molecule has 0 spiro atoms. The molecule has 1 N–H and O–H groups in total. The van der Waals surface area contributed by atoms with Crippen LogP contribution in [0.4, 0.5) is 0 Å². The smallest absolute Gasteiger partial charge is 0.227 e. The Labute approximate surface area is 143 Å². The fourth-order valence-electron chi connectivity index (χ4n) is 2.10. The number of methoxy groups -OCH3 is 1. The lowest BCUT2D eigenvalue weighted by Crippen LogP contribution is -2.23. The van der Waals surface area contributed by atoms with Crippen molar-refractivity contribution in [3.05, 3.63) is 40.0 Å². The summed E-state index contributed by atoms with van der Waals surface area (Å²) in [5.74, 6) is 1.88. The SMILES string of the molecule is CCCc1noc(CCC(=O)NCc2cc(Br)ccc2OC)n1. The van der Waals surface area contributed by atoms with Crippen molar-refractivity contribution in [3.8, 4) is 5.75 Å². The van der Waals surface area contributed by atoms with Gasteiger partial charge in [-0.2, -0.15) is 4.98 Å². The number of halogens is 1. The van der Waals surface area contributed by atoms with Gasteiger partial charge in [-0.3, -0.25) is 4.79 Å². The van der Waals surface area contributed by atoms with Crippen LogP contribution in [0, 0.1) is 0 Å². The van der Waals surface area contributed by atoms with E-state index in [1.807, 2.05) is 18.2 Å². The van der Waals surface area contributed by atoms with Crippen LogP contribution in [-0.2, 0) is 24.2 Å². The molecule has 0 aliphatic rings. The van der Waals surface area contributed by atoms with Gasteiger partial charge in [-0.15, -0.1) is 0 Å². The molecular formula is C16H20BrN3O3. The third kappa shape index (κ3) is 5.35. The maximum Gasteiger partial charge on any atom is 0.227 e. The lowest BCUT2D eigenvalue weighted by molar-refractivity contribution is -0.121. The minimum atomic E-state index is -0.0673. The fourth-order valence-corrected chi connectivity index (χ4v) is 2.51. The molecule has 0 bridgehead atoms. The maximum absolute atomic E-state index is 12.0. The normalized spacial score (nSPS) is 10.6. The van der Waals surface area contributed by atoms with Gasteiger partial charge in [-0.25, -0.2) is 0 Å². The quantitative estimate of drug-likeness (QED) is 0.760. The summed E-state index contributed by atoms with van der Waals surface area (Å²) < 4.78 is 11.3. The van der Waals surface area contributed by atoms with Gasteiger partial charge in [0.1, 0.15) is 5.75 Å². The average Bonchev–Trinajstić information content (AvgIpc) is 2.99. The predicted octanol–water partition coefficient (Wildman–Crippen LogP) is 3.04. The average molecular weight is 382 g/mol. The Morgan fingerprint density at radius 3 is 2.96 bits per heavy atom. The van der Waals surface area contributed by atoms with Crippen molar-refractivity contribution in [2.24, 2.45) is 0 Å². The summed E-state index contributed by atoms with van der Waals surface area (Å²) >= 11 is 3.41. The number of hydrogen-bond acceptors (Lipinski definition) is 5. The standard InChI is InChI=1S/C16H20BrN3O3/c1-3-4-14-19-16(23-20-14)8-7-15(21)18-10-11-9-12(17)5-6-13(11)22-2/h5-6,9H,3-4,7-8,10H2,1-2H3,(H,18,21). The van der Waals surface area contributed by atoms with Crippen LogP contribution < -0.4 is 10.1 Å². The van der Waals surface area contributed by atoms with Crippen LogP contribution in [0.15, 0.2) is 27.2 Å². The summed E-state index contributed by atoms with van der Waals surface area (Å²) in [6.45, 7) is 2.46. The molecule has 1 aromatic heterocycles. The van der Waals surface area contributed by atoms with Crippen molar-refractivity contribution >= 4 is 21.8 Å². The Morgan fingerprint density at radius 2 is 2.22 bits per heavy atom. The predicted molar refractivity (Wildman–Crippen MR) is 89.2 cm³/mol. The molecule has 6 nitrogen and oxygen atoms in total. The van der Waals surface area contributed by atoms with Crippen molar-refractivity contribution in [2.45, 2.75) is 39.2 Å². The first kappa shape index (κ1) is 17.5. The number of aryl methyl sites for hydroxylation is 2. The zero-order chi connectivity index (χ0) is 16.7. The minimum Gasteiger partial charge on any atom is -0.496 e. The van der Waals surface area contributed by atoms with E-state index in [0.29, 0.717) is 31.1 Å². The molecule has 1 amide bonds. The summed E-state index contributed by atoms with van der Waals surface area (Å²) in [7, 11) is 1.61. The first-order valence-corrected chi connectivity index (χ1v) is 8.32. The van der Waals surface area contributed by atoms with E-state index in [-0.39, 0.29) is 5.91 Å². The van der Waals surface area contributed by atoms with Crippen LogP contribution in [-0.4, -0.2) is 23.2 Å². The van der Waals surface area contributed by atoms with Crippen molar-refractivity contribution in [2.75, 3.05) is 7.11 Å². The molecule has 124 valence electrons. The monoisotopic (exact) mass is 381 g/mol. The van der Waals surface area contributed by atoms with Crippen LogP contribution in [0.1, 0.15) is 37.0 Å². The van der Waals surface area contributed by atoms with Gasteiger partial charge < -0.3 is 14.6 Å². The Morgan fingerprint density at radius 1 is 1.39 bits per heavy atom. The van der Waals surface area contributed by atoms with E-state index in [1.165, 1.54) is 0 Å². The molecule has 0 unspecified atom stereocenters. The van der Waals surface area contributed by atoms with Gasteiger partial charge in [0.15, 0.2) is 5.82 Å². The summed E-state index contributed by atoms with van der Waals surface area (Å²) in [5.41, 5.74) is 0.915. The van der Waals surface area contributed by atoms with E-state index in [9.17, 15) is 4.79 Å². The number of nitrogens with one attached hydrogen (secondary N) is 1. The summed E-state index contributed by atoms with van der Waals surface area (Å²) in [6, 6.07) is 5.68. The van der Waals surface area contributed by atoms with Crippen LogP contribution in [0.3, 0.4) is 0 Å². The molecule has 2 aromatic rings. The molecule has 0 saturated carbocycles. The zero-order valence-electron chi connectivity index (χ0n) is 13.3. The number of rotatable bonds is 8. The lowest BCUT2D eigenvalue weighted by Gasteiger charge is -2.10. The second kappa shape index (κ2) is 8.67. The van der Waals surface area contributed by atoms with Crippen LogP contribution in [0.5, 0.6) is 5.75 Å². The molecule has 0 saturated heterocycles. The number of carbonyl (C=O) groups is 1. The van der Waals surface area contributed by atoms with E-state index >= 15 is 0 Å². The van der Waals surface area contributed by atoms with E-state index in [1.54, 1.807) is 7.11 Å². The van der Waals surface area contributed by atoms with Crippen LogP contribution in [0.25, 0.3) is 0 Å². The third-order valence-electron chi connectivity index (χ3n) is 3.27. The number of nitrogens with zero attached hydrogens (tertiary/aromatic N) is 2. The fraction of sp³-hybridized carbons (Fsp3) is 0.438. The number of ether oxygens (including phenoxy) is 1. The Kier molecular flexibility index (Phi) is 6.58. The van der Waals surface area contributed by atoms with Gasteiger partial charge in [0.05, 0.1) is 7.11 Å². The second-order valence-corrected chi connectivity index (χ2v) is 6.00. The number of aromatic nitrogens is 2. The largest absolute Gasteiger partial charge is 0.496 e. The molecule has 0 aliphatic heterocycles. The number of hydrogen-bond donors (Lipinski definition) is 1. The first-order chi connectivity index (χ1) is 11.1. The second-order valence-electron chi connectivity index (χ2n) is 5.09. The number of amides is 1. The molecule has 7 heteroatoms. The van der Waals surface area contributed by atoms with Gasteiger partial charge in [-0.1, -0.05) is 28.0 Å². The molecular weight excluding hydrogens is 362 g/mol. The van der Waals surface area contributed by atoms with Crippen LogP contribution >= 0.6 is 15.9 Å². The van der Waals surface area contributed by atoms with Gasteiger partial charge in [0.2, 0.25) is 11.8 Å². The molecule has 1 heterocycles. The van der Waals surface area contributed by atoms with Gasteiger partial charge >= 0.3 is 0 Å². The van der Waals surface area contributed by atoms with Crippen LogP contribution in [0.2, 0.25) is 0 Å². The molecule has 0 atom stereocenters. The van der Waals surface area contributed by atoms with E-state index in [2.05, 4.69) is 38.3 Å². The van der Waals surface area contributed by atoms with Crippen molar-refractivity contribution < 1.29 is 14.1 Å². The Balaban J connectivity index is 1.82. The van der Waals surface area contributed by atoms with Crippen molar-refractivity contribution in [3.63, 3.8) is 0 Å². The molecule has 2 rings (SSSR count). The van der Waals surface area contributed by atoms with Gasteiger partial charge in [0, 0.05) is 35.8 Å². The van der Waals surface area contributed by atoms with Crippen molar-refractivity contribution in [1.82, 2.24) is 15.5 Å². The highest BCUT2D eigenvalue weighted by molar-refractivity contribution is 9.10. The lowest BCUT2D eigenvalue weighted by atomic mass is 10.2. The van der Waals surface area contributed by atoms with Gasteiger partial charge in [0.25, 0.3) is 0 Å². The molecule has 0 fully saturated rings. The molecule has 23 heavy (non-hydrogen) atoms. The molecule has 1 aromatic carbocycles. The topological polar surface area (TPSA) is 77.2 Å². The molecule has 0 aliphatic carbocycles. The minimum absolute atomic E-state index is 0.0673. The highest BCUT2D eigenvalue weighted by Crippen LogP contribution is 2.22. The van der Waals surface area contributed by atoms with Crippen molar-refractivity contribution in [1.29, 1.82) is 0 Å². The summed E-state index contributed by atoms with van der Waals surface area (Å²) in [6.07, 6.45) is 2.51. The molecule has 0 radical (unpaired) electrons. The number of benzene rings is 1. The summed E-state index contributed by atoms with van der Waals surface area (Å²) in [4.78, 5) is 16.2. The van der Waals surface area contributed by atoms with Gasteiger partial charge in [-0.05, 0) is 24.6 Å². The Bertz CT molecular complexity index is 658. The highest BCUT2D eigenvalue weighted by Gasteiger charge is 2.10. The third-order valence-corrected chi connectivity index (χ3v) is 3.76. The maximum atomic E-state index is 12.0. The first-order valence-electron chi connectivity index (χ1n) is 7.53. The highest BCUT2D eigenvalue weighted by atomic mass is 79.9. The van der Waals surface area contributed by atoms with E-state index in [4.69, 9.17) is 9.26 Å². The van der Waals surface area contributed by atoms with E-state index in [0.717, 1.165) is 28.6 Å². The number of carbonyl (C=O) groups excluding carboxylic acids is 1. The Hall–Kier alpha value is -1.89. The van der Waals surface area contributed by atoms with E-state index < -0.39 is 0 Å². The zero-order valence-corrected chi connectivity index (χ0v) is 14.9.